The molecule has 6 heteroatoms. The minimum Gasteiger partial charge on any atom is -0.478 e. The Hall–Kier alpha value is -2.08. The Morgan fingerprint density at radius 2 is 1.89 bits per heavy atom. The first-order valence-electron chi connectivity index (χ1n) is 9.12. The smallest absolute Gasteiger partial charge is 0.270 e. The minimum atomic E-state index is -0.513. The molecule has 0 aromatic heterocycles. The number of aryl methyl sites for hydroxylation is 1. The SMILES string of the molecule is COCCCNC[C@H]1[C@H](Oc2ccc(Cl)cc2)C(=O)N1c1ccccc1C. The van der Waals surface area contributed by atoms with Gasteiger partial charge < -0.3 is 19.7 Å². The number of carbonyl (C=O) groups is 1. The third-order valence-corrected chi connectivity index (χ3v) is 4.92. The Bertz CT molecular complexity index is 766. The summed E-state index contributed by atoms with van der Waals surface area (Å²) in [7, 11) is 1.69. The molecule has 144 valence electrons. The van der Waals surface area contributed by atoms with Gasteiger partial charge in [0.05, 0.1) is 6.04 Å². The maximum atomic E-state index is 12.9. The first kappa shape index (κ1) is 19.7. The summed E-state index contributed by atoms with van der Waals surface area (Å²) in [6, 6.07) is 14.9. The summed E-state index contributed by atoms with van der Waals surface area (Å²) in [4.78, 5) is 14.7. The third kappa shape index (κ3) is 4.61. The molecule has 2 aromatic rings. The van der Waals surface area contributed by atoms with Crippen LogP contribution in [0.3, 0.4) is 0 Å². The molecule has 1 saturated heterocycles. The molecule has 1 aliphatic heterocycles. The molecular weight excluding hydrogens is 364 g/mol. The number of β-lactam (4-membered cyclic amide) rings is 1. The molecule has 1 amide bonds. The van der Waals surface area contributed by atoms with Crippen LogP contribution in [0.4, 0.5) is 5.69 Å². The number of hydrogen-bond donors (Lipinski definition) is 1. The van der Waals surface area contributed by atoms with Gasteiger partial charge >= 0.3 is 0 Å². The van der Waals surface area contributed by atoms with Crippen LogP contribution in [0.25, 0.3) is 0 Å². The molecule has 2 aromatic carbocycles. The van der Waals surface area contributed by atoms with Gasteiger partial charge in [0.2, 0.25) is 0 Å². The average Bonchev–Trinajstić information content (AvgIpc) is 2.67. The first-order chi connectivity index (χ1) is 13.1. The molecule has 1 N–H and O–H groups in total. The van der Waals surface area contributed by atoms with Crippen molar-refractivity contribution in [3.63, 3.8) is 0 Å². The lowest BCUT2D eigenvalue weighted by Gasteiger charge is -2.47. The number of methoxy groups -OCH3 is 1. The number of nitrogens with zero attached hydrogens (tertiary/aromatic N) is 1. The van der Waals surface area contributed by atoms with E-state index in [0.717, 1.165) is 24.2 Å². The van der Waals surface area contributed by atoms with Crippen molar-refractivity contribution < 1.29 is 14.3 Å². The Morgan fingerprint density at radius 3 is 2.59 bits per heavy atom. The lowest BCUT2D eigenvalue weighted by Crippen LogP contribution is -2.70. The Morgan fingerprint density at radius 1 is 1.15 bits per heavy atom. The van der Waals surface area contributed by atoms with E-state index in [0.29, 0.717) is 23.9 Å². The zero-order valence-electron chi connectivity index (χ0n) is 15.7. The van der Waals surface area contributed by atoms with E-state index in [-0.39, 0.29) is 11.9 Å². The predicted octanol–water partition coefficient (Wildman–Crippen LogP) is 3.44. The fourth-order valence-electron chi connectivity index (χ4n) is 3.23. The Labute approximate surface area is 165 Å². The van der Waals surface area contributed by atoms with Gasteiger partial charge in [0.1, 0.15) is 5.75 Å². The van der Waals surface area contributed by atoms with Crippen LogP contribution < -0.4 is 15.0 Å². The zero-order chi connectivity index (χ0) is 19.2. The molecule has 27 heavy (non-hydrogen) atoms. The van der Waals surface area contributed by atoms with E-state index < -0.39 is 6.10 Å². The summed E-state index contributed by atoms with van der Waals surface area (Å²) in [5, 5.41) is 4.05. The van der Waals surface area contributed by atoms with E-state index >= 15 is 0 Å². The molecule has 1 fully saturated rings. The number of hydrogen-bond acceptors (Lipinski definition) is 4. The van der Waals surface area contributed by atoms with Crippen LogP contribution in [-0.4, -0.2) is 44.9 Å². The van der Waals surface area contributed by atoms with Crippen LogP contribution in [-0.2, 0) is 9.53 Å². The van der Waals surface area contributed by atoms with Crippen molar-refractivity contribution in [2.45, 2.75) is 25.5 Å². The molecule has 0 saturated carbocycles. The highest BCUT2D eigenvalue weighted by molar-refractivity contribution is 6.30. The van der Waals surface area contributed by atoms with Crippen molar-refractivity contribution in [3.8, 4) is 5.75 Å². The van der Waals surface area contributed by atoms with Gasteiger partial charge in [-0.25, -0.2) is 0 Å². The molecule has 0 unspecified atom stereocenters. The minimum absolute atomic E-state index is 0.0251. The molecule has 0 aliphatic carbocycles. The predicted molar refractivity (Wildman–Crippen MR) is 108 cm³/mol. The number of anilines is 1. The number of carbonyl (C=O) groups excluding carboxylic acids is 1. The van der Waals surface area contributed by atoms with Gasteiger partial charge in [-0.15, -0.1) is 0 Å². The lowest BCUT2D eigenvalue weighted by atomic mass is 9.95. The molecule has 5 nitrogen and oxygen atoms in total. The molecule has 0 bridgehead atoms. The van der Waals surface area contributed by atoms with Crippen LogP contribution in [0.15, 0.2) is 48.5 Å². The maximum Gasteiger partial charge on any atom is 0.270 e. The summed E-state index contributed by atoms with van der Waals surface area (Å²) in [6.45, 7) is 4.21. The van der Waals surface area contributed by atoms with Crippen LogP contribution in [0, 0.1) is 6.92 Å². The van der Waals surface area contributed by atoms with Gasteiger partial charge in [0.15, 0.2) is 6.10 Å². The van der Waals surface area contributed by atoms with E-state index in [4.69, 9.17) is 21.1 Å². The normalized spacial score (nSPS) is 19.1. The number of amides is 1. The van der Waals surface area contributed by atoms with Crippen molar-refractivity contribution in [2.24, 2.45) is 0 Å². The second kappa shape index (κ2) is 9.22. The lowest BCUT2D eigenvalue weighted by molar-refractivity contribution is -0.134. The van der Waals surface area contributed by atoms with Crippen molar-refractivity contribution in [2.75, 3.05) is 31.7 Å². The number of ether oxygens (including phenoxy) is 2. The van der Waals surface area contributed by atoms with Crippen LogP contribution >= 0.6 is 11.6 Å². The van der Waals surface area contributed by atoms with Gasteiger partial charge in [-0.1, -0.05) is 29.8 Å². The molecular formula is C21H25ClN2O3. The largest absolute Gasteiger partial charge is 0.478 e. The van der Waals surface area contributed by atoms with Crippen LogP contribution in [0.1, 0.15) is 12.0 Å². The van der Waals surface area contributed by atoms with E-state index in [1.165, 1.54) is 0 Å². The first-order valence-corrected chi connectivity index (χ1v) is 9.50. The molecule has 3 rings (SSSR count). The summed E-state index contributed by atoms with van der Waals surface area (Å²) in [5.74, 6) is 0.620. The monoisotopic (exact) mass is 388 g/mol. The van der Waals surface area contributed by atoms with E-state index in [1.807, 2.05) is 36.1 Å². The number of nitrogens with one attached hydrogen (secondary N) is 1. The van der Waals surface area contributed by atoms with Gasteiger partial charge in [-0.05, 0) is 55.8 Å². The molecule has 0 spiro atoms. The fourth-order valence-corrected chi connectivity index (χ4v) is 3.35. The Balaban J connectivity index is 1.72. The van der Waals surface area contributed by atoms with E-state index in [1.54, 1.807) is 31.4 Å². The number of halogens is 1. The molecule has 1 aliphatic rings. The highest BCUT2D eigenvalue weighted by Gasteiger charge is 2.50. The van der Waals surface area contributed by atoms with E-state index in [2.05, 4.69) is 5.32 Å². The summed E-state index contributed by atoms with van der Waals surface area (Å²) in [5.41, 5.74) is 2.00. The topological polar surface area (TPSA) is 50.8 Å². The van der Waals surface area contributed by atoms with Crippen molar-refractivity contribution in [3.05, 3.63) is 59.1 Å². The number of para-hydroxylation sites is 1. The molecule has 0 radical (unpaired) electrons. The third-order valence-electron chi connectivity index (χ3n) is 4.67. The van der Waals surface area contributed by atoms with Gasteiger partial charge in [-0.2, -0.15) is 0 Å². The second-order valence-corrected chi connectivity index (χ2v) is 7.04. The van der Waals surface area contributed by atoms with Gasteiger partial charge in [0.25, 0.3) is 5.91 Å². The van der Waals surface area contributed by atoms with Crippen LogP contribution in [0.5, 0.6) is 5.75 Å². The van der Waals surface area contributed by atoms with E-state index in [9.17, 15) is 4.79 Å². The summed E-state index contributed by atoms with van der Waals surface area (Å²) >= 11 is 5.93. The Kier molecular flexibility index (Phi) is 6.72. The highest BCUT2D eigenvalue weighted by atomic mass is 35.5. The molecule has 2 atom stereocenters. The second-order valence-electron chi connectivity index (χ2n) is 6.60. The van der Waals surface area contributed by atoms with Crippen LogP contribution in [0.2, 0.25) is 5.02 Å². The highest BCUT2D eigenvalue weighted by Crippen LogP contribution is 2.33. The van der Waals surface area contributed by atoms with Crippen molar-refractivity contribution in [1.82, 2.24) is 5.32 Å². The summed E-state index contributed by atoms with van der Waals surface area (Å²) < 4.78 is 11.1. The molecule has 1 heterocycles. The van der Waals surface area contributed by atoms with Crippen molar-refractivity contribution in [1.29, 1.82) is 0 Å². The zero-order valence-corrected chi connectivity index (χ0v) is 16.4. The van der Waals surface area contributed by atoms with Gasteiger partial charge in [0, 0.05) is 31.0 Å². The number of rotatable bonds is 9. The van der Waals surface area contributed by atoms with Gasteiger partial charge in [-0.3, -0.25) is 4.79 Å². The fraction of sp³-hybridized carbons (Fsp3) is 0.381. The number of benzene rings is 2. The summed E-state index contributed by atoms with van der Waals surface area (Å²) in [6.07, 6.45) is 0.408. The maximum absolute atomic E-state index is 12.9. The van der Waals surface area contributed by atoms with Crippen molar-refractivity contribution >= 4 is 23.2 Å². The quantitative estimate of drug-likeness (QED) is 0.528. The average molecular weight is 389 g/mol. The standard InChI is InChI=1S/C21H25ClN2O3/c1-15-6-3-4-7-18(15)24-19(14-23-12-5-13-26-2)20(21(24)25)27-17-10-8-16(22)9-11-17/h3-4,6-11,19-20,23H,5,12-14H2,1-2H3/t19-,20-/m0/s1.